The number of rotatable bonds is 4. The van der Waals surface area contributed by atoms with Crippen LogP contribution < -0.4 is 5.73 Å². The molecule has 2 heterocycles. The number of esters is 1. The van der Waals surface area contributed by atoms with E-state index < -0.39 is 24.2 Å². The van der Waals surface area contributed by atoms with Gasteiger partial charge in [0.15, 0.2) is 0 Å². The second-order valence-corrected chi connectivity index (χ2v) is 4.32. The van der Waals surface area contributed by atoms with Crippen molar-refractivity contribution in [3.05, 3.63) is 0 Å². The fourth-order valence-corrected chi connectivity index (χ4v) is 2.10. The zero-order valence-electron chi connectivity index (χ0n) is 11.5. The summed E-state index contributed by atoms with van der Waals surface area (Å²) in [6.07, 6.45) is -2.56. The van der Waals surface area contributed by atoms with E-state index in [1.54, 1.807) is 0 Å². The van der Waals surface area contributed by atoms with Crippen LogP contribution in [-0.4, -0.2) is 60.2 Å². The van der Waals surface area contributed by atoms with Gasteiger partial charge in [0.25, 0.3) is 0 Å². The van der Waals surface area contributed by atoms with E-state index in [1.165, 1.54) is 11.8 Å². The summed E-state index contributed by atoms with van der Waals surface area (Å²) in [5.41, 5.74) is 4.17. The molecule has 0 aromatic carbocycles. The highest BCUT2D eigenvalue weighted by Gasteiger charge is 2.51. The highest BCUT2D eigenvalue weighted by molar-refractivity contribution is 5.78. The zero-order valence-corrected chi connectivity index (χ0v) is 11.5. The maximum atomic E-state index is 13.4. The number of fused-ring (bicyclic) bond motifs is 2. The van der Waals surface area contributed by atoms with Crippen molar-refractivity contribution < 1.29 is 32.7 Å². The third-order valence-electron chi connectivity index (χ3n) is 2.91. The number of nitrogens with two attached hydrogens (primary N) is 1. The lowest BCUT2D eigenvalue weighted by Gasteiger charge is -2.24. The Kier molecular flexibility index (Phi) is 5.82. The fourth-order valence-electron chi connectivity index (χ4n) is 2.10. The Morgan fingerprint density at radius 1 is 1.57 bits per heavy atom. The van der Waals surface area contributed by atoms with Crippen LogP contribution in [0.5, 0.6) is 0 Å². The van der Waals surface area contributed by atoms with Gasteiger partial charge in [-0.05, 0) is 19.8 Å². The number of carbonyl (C=O) groups excluding carboxylic acids is 3. The summed E-state index contributed by atoms with van der Waals surface area (Å²) in [6.45, 7) is 2.12. The Morgan fingerprint density at radius 2 is 2.19 bits per heavy atom. The van der Waals surface area contributed by atoms with Crippen molar-refractivity contribution >= 4 is 18.4 Å². The quantitative estimate of drug-likeness (QED) is 0.585. The van der Waals surface area contributed by atoms with Crippen LogP contribution in [0.25, 0.3) is 0 Å². The first kappa shape index (κ1) is 17.1. The van der Waals surface area contributed by atoms with Gasteiger partial charge in [-0.15, -0.1) is 0 Å². The molecule has 2 fully saturated rings. The Hall–Kier alpha value is -1.97. The SMILES string of the molecule is CCOC(=O)C(F)(F)ON1C(=O)N2CCCC1C2.NC=O. The molecule has 3 amide bonds. The number of alkyl halides is 2. The first-order valence-corrected chi connectivity index (χ1v) is 6.35. The van der Waals surface area contributed by atoms with Crippen LogP contribution in [0.15, 0.2) is 0 Å². The summed E-state index contributed by atoms with van der Waals surface area (Å²) < 4.78 is 31.0. The van der Waals surface area contributed by atoms with E-state index in [9.17, 15) is 18.4 Å². The third kappa shape index (κ3) is 4.00. The third-order valence-corrected chi connectivity index (χ3v) is 2.91. The van der Waals surface area contributed by atoms with E-state index in [1.807, 2.05) is 0 Å². The van der Waals surface area contributed by atoms with Gasteiger partial charge in [-0.25, -0.2) is 9.59 Å². The van der Waals surface area contributed by atoms with Crippen LogP contribution in [-0.2, 0) is 19.2 Å². The summed E-state index contributed by atoms with van der Waals surface area (Å²) in [5.74, 6) is -1.78. The van der Waals surface area contributed by atoms with Crippen LogP contribution in [0.3, 0.4) is 0 Å². The van der Waals surface area contributed by atoms with E-state index >= 15 is 0 Å². The summed E-state index contributed by atoms with van der Waals surface area (Å²) in [5, 5.41) is 0.601. The minimum absolute atomic E-state index is 0.179. The molecule has 8 nitrogen and oxygen atoms in total. The maximum absolute atomic E-state index is 13.4. The van der Waals surface area contributed by atoms with E-state index in [2.05, 4.69) is 15.3 Å². The minimum atomic E-state index is -4.13. The first-order valence-electron chi connectivity index (χ1n) is 6.35. The second kappa shape index (κ2) is 7.16. The summed E-state index contributed by atoms with van der Waals surface area (Å²) in [6, 6.07) is -1.05. The summed E-state index contributed by atoms with van der Waals surface area (Å²) >= 11 is 0. The predicted molar refractivity (Wildman–Crippen MR) is 64.7 cm³/mol. The van der Waals surface area contributed by atoms with Crippen molar-refractivity contribution in [1.82, 2.24) is 9.96 Å². The fraction of sp³-hybridized carbons (Fsp3) is 0.727. The average Bonchev–Trinajstić information content (AvgIpc) is 2.63. The van der Waals surface area contributed by atoms with Gasteiger partial charge in [0.1, 0.15) is 0 Å². The maximum Gasteiger partial charge on any atom is 0.477 e. The van der Waals surface area contributed by atoms with E-state index in [0.717, 1.165) is 6.42 Å². The number of ether oxygens (including phenoxy) is 1. The number of hydroxylamine groups is 2. The highest BCUT2D eigenvalue weighted by Crippen LogP contribution is 2.30. The topological polar surface area (TPSA) is 102 Å². The van der Waals surface area contributed by atoms with Crippen molar-refractivity contribution in [2.24, 2.45) is 5.73 Å². The lowest BCUT2D eigenvalue weighted by molar-refractivity contribution is -0.329. The number of hydrogen-bond donors (Lipinski definition) is 1. The molecule has 21 heavy (non-hydrogen) atoms. The smallest absolute Gasteiger partial charge is 0.460 e. The van der Waals surface area contributed by atoms with Gasteiger partial charge in [0, 0.05) is 13.1 Å². The molecule has 2 aliphatic rings. The molecule has 0 aromatic rings. The second-order valence-electron chi connectivity index (χ2n) is 4.32. The Balaban J connectivity index is 0.000000677. The molecule has 1 unspecified atom stereocenters. The molecule has 0 saturated carbocycles. The van der Waals surface area contributed by atoms with E-state index in [-0.39, 0.29) is 13.0 Å². The molecule has 0 radical (unpaired) electrons. The van der Waals surface area contributed by atoms with Crippen molar-refractivity contribution in [3.8, 4) is 0 Å². The molecule has 120 valence electrons. The Bertz CT molecular complexity index is 407. The summed E-state index contributed by atoms with van der Waals surface area (Å²) in [7, 11) is 0. The molecule has 2 bridgehead atoms. The zero-order chi connectivity index (χ0) is 16.0. The number of hydrogen-bond acceptors (Lipinski definition) is 5. The monoisotopic (exact) mass is 309 g/mol. The van der Waals surface area contributed by atoms with E-state index in [0.29, 0.717) is 24.6 Å². The molecule has 2 aliphatic heterocycles. The average molecular weight is 309 g/mol. The van der Waals surface area contributed by atoms with Crippen LogP contribution in [0.1, 0.15) is 19.8 Å². The van der Waals surface area contributed by atoms with Crippen molar-refractivity contribution in [1.29, 1.82) is 0 Å². The largest absolute Gasteiger partial charge is 0.477 e. The normalized spacial score (nSPS) is 20.7. The van der Waals surface area contributed by atoms with Gasteiger partial charge < -0.3 is 15.4 Å². The van der Waals surface area contributed by atoms with Crippen LogP contribution in [0, 0.1) is 0 Å². The van der Waals surface area contributed by atoms with Crippen molar-refractivity contribution in [2.75, 3.05) is 19.7 Å². The molecule has 2 saturated heterocycles. The van der Waals surface area contributed by atoms with Crippen LogP contribution in [0.2, 0.25) is 0 Å². The number of nitrogens with zero attached hydrogens (tertiary/aromatic N) is 2. The molecular formula is C11H17F2N3O5. The Labute approximate surface area is 119 Å². The number of halogens is 2. The predicted octanol–water partition coefficient (Wildman–Crippen LogP) is 0.0754. The lowest BCUT2D eigenvalue weighted by Crippen LogP contribution is -2.44. The molecule has 2 rings (SSSR count). The minimum Gasteiger partial charge on any atom is -0.460 e. The highest BCUT2D eigenvalue weighted by atomic mass is 19.3. The number of carbonyl (C=O) groups is 3. The van der Waals surface area contributed by atoms with Crippen molar-refractivity contribution in [2.45, 2.75) is 31.9 Å². The summed E-state index contributed by atoms with van der Waals surface area (Å²) in [4.78, 5) is 37.0. The first-order chi connectivity index (χ1) is 9.87. The number of primary amides is 1. The number of amides is 3. The molecule has 1 atom stereocenters. The van der Waals surface area contributed by atoms with Gasteiger partial charge in [-0.1, -0.05) is 0 Å². The number of urea groups is 1. The molecule has 0 aromatic heterocycles. The molecule has 10 heteroatoms. The van der Waals surface area contributed by atoms with Gasteiger partial charge in [-0.3, -0.25) is 4.79 Å². The molecule has 0 spiro atoms. The van der Waals surface area contributed by atoms with E-state index in [4.69, 9.17) is 4.79 Å². The van der Waals surface area contributed by atoms with Gasteiger partial charge in [-0.2, -0.15) is 18.7 Å². The van der Waals surface area contributed by atoms with Gasteiger partial charge >= 0.3 is 18.1 Å². The lowest BCUT2D eigenvalue weighted by atomic mass is 10.1. The van der Waals surface area contributed by atoms with Crippen molar-refractivity contribution in [3.63, 3.8) is 0 Å². The van der Waals surface area contributed by atoms with Gasteiger partial charge in [0.05, 0.1) is 12.6 Å². The number of piperidine rings is 1. The van der Waals surface area contributed by atoms with Crippen LogP contribution >= 0.6 is 0 Å². The standard InChI is InChI=1S/C10H14F2N2O4.CH3NO/c1-2-17-8(15)10(11,12)18-14-7-4-3-5-13(6-7)9(14)16;2-1-3/h7H,2-6H2,1H3;1H,(H2,2,3). The van der Waals surface area contributed by atoms with Crippen LogP contribution in [0.4, 0.5) is 13.6 Å². The molecular weight excluding hydrogens is 292 g/mol. The molecule has 0 aliphatic carbocycles. The molecule has 2 N–H and O–H groups in total. The van der Waals surface area contributed by atoms with Gasteiger partial charge in [0.2, 0.25) is 6.41 Å². The Morgan fingerprint density at radius 3 is 2.71 bits per heavy atom.